The number of nitrogens with one attached hydrogen (secondary N) is 4. The summed E-state index contributed by atoms with van der Waals surface area (Å²) in [6.45, 7) is 12.6. The van der Waals surface area contributed by atoms with Crippen LogP contribution in [0.15, 0.2) is 60.4 Å². The summed E-state index contributed by atoms with van der Waals surface area (Å²) >= 11 is 1.58. The summed E-state index contributed by atoms with van der Waals surface area (Å²) in [5, 5.41) is 23.9. The molecule has 1 spiro atoms. The number of pyridine rings is 1. The summed E-state index contributed by atoms with van der Waals surface area (Å²) in [5.74, 6) is 0.00319. The molecule has 0 bridgehead atoms. The summed E-state index contributed by atoms with van der Waals surface area (Å²) in [6.07, 6.45) is 10.7. The van der Waals surface area contributed by atoms with Crippen LogP contribution in [0.3, 0.4) is 0 Å². The van der Waals surface area contributed by atoms with Crippen LogP contribution in [0.1, 0.15) is 126 Å². The van der Waals surface area contributed by atoms with Crippen LogP contribution in [-0.2, 0) is 24.7 Å². The zero-order valence-corrected chi connectivity index (χ0v) is 42.9. The van der Waals surface area contributed by atoms with Crippen molar-refractivity contribution in [3.63, 3.8) is 0 Å². The molecule has 3 fully saturated rings. The number of aliphatic hydroxyl groups is 1. The number of carbonyl (C=O) groups is 5. The van der Waals surface area contributed by atoms with Crippen molar-refractivity contribution in [3.05, 3.63) is 77.3 Å². The number of β-amino-alcohol motifs (C(OH)–C–C–N with tert-alkyl or cyclic N) is 1. The highest BCUT2D eigenvalue weighted by molar-refractivity contribution is 7.13. The lowest BCUT2D eigenvalue weighted by atomic mass is 9.80. The number of thiazole rings is 1. The van der Waals surface area contributed by atoms with Crippen molar-refractivity contribution >= 4 is 69.4 Å². The molecule has 4 aromatic heterocycles. The van der Waals surface area contributed by atoms with E-state index in [4.69, 9.17) is 4.98 Å². The fraction of sp³-hybridized carbons (Fsp3) is 0.528. The number of likely N-dealkylation sites (tertiary alicyclic amines) is 1. The second kappa shape index (κ2) is 21.3. The molecule has 4 atom stereocenters. The lowest BCUT2D eigenvalue weighted by molar-refractivity contribution is -0.144. The lowest BCUT2D eigenvalue weighted by Crippen LogP contribution is -2.57. The number of hydrogen-bond acceptors (Lipinski definition) is 13. The van der Waals surface area contributed by atoms with Gasteiger partial charge in [-0.05, 0) is 74.3 Å². The number of amides is 5. The molecule has 4 aliphatic rings. The molecule has 9 rings (SSSR count). The number of anilines is 3. The molecule has 19 heteroatoms. The summed E-state index contributed by atoms with van der Waals surface area (Å²) in [5.41, 5.74) is 6.26. The zero-order chi connectivity index (χ0) is 50.7. The van der Waals surface area contributed by atoms with Crippen molar-refractivity contribution in [2.75, 3.05) is 49.5 Å². The highest BCUT2D eigenvalue weighted by Crippen LogP contribution is 2.40. The Hall–Kier alpha value is -6.47. The molecule has 1 aromatic carbocycles. The van der Waals surface area contributed by atoms with Crippen molar-refractivity contribution in [2.45, 2.75) is 135 Å². The van der Waals surface area contributed by atoms with Crippen molar-refractivity contribution < 1.29 is 29.1 Å². The van der Waals surface area contributed by atoms with E-state index in [1.165, 1.54) is 11.3 Å². The number of aliphatic hydroxyl groups excluding tert-OH is 1. The van der Waals surface area contributed by atoms with Crippen LogP contribution < -0.4 is 26.2 Å². The summed E-state index contributed by atoms with van der Waals surface area (Å²) in [6, 6.07) is 11.6. The molecule has 5 N–H and O–H groups in total. The third-order valence-corrected chi connectivity index (χ3v) is 15.9. The van der Waals surface area contributed by atoms with Crippen LogP contribution in [0.2, 0.25) is 0 Å². The van der Waals surface area contributed by atoms with Gasteiger partial charge in [0.15, 0.2) is 0 Å². The molecule has 2 saturated heterocycles. The number of hydrogen-bond donors (Lipinski definition) is 5. The van der Waals surface area contributed by atoms with E-state index >= 15 is 0 Å². The van der Waals surface area contributed by atoms with Crippen molar-refractivity contribution in [2.24, 2.45) is 5.41 Å². The Labute approximate surface area is 424 Å². The Bertz CT molecular complexity index is 2770. The standard InChI is InChI=1S/C53H68N12O6S/c1-33(35-14-16-36(17-15-35)45-34(2)57-32-72-45)58-49(70)40-27-39(66)30-64(40)50(71)46(52(3,4)5)60-43(67)12-8-6-9-13-44(68)63-24-22-62(23-25-63)38-18-19-42(54-29-38)59-51-55-28-37-26-41-48(69)56-31-53(20-10-7-11-21-53)65(41)47(37)61-51/h14-19,26,28-29,32-33,39-40,46,66H,6-13,20-25,27,30-31H2,1-5H3,(H,56,69)(H,58,70)(H,60,67)(H,54,55,59,61)/t33-,39+,40-,46+/m0/s1. The van der Waals surface area contributed by atoms with Gasteiger partial charge in [0.05, 0.1) is 45.7 Å². The summed E-state index contributed by atoms with van der Waals surface area (Å²) in [4.78, 5) is 92.3. The van der Waals surface area contributed by atoms with E-state index < -0.39 is 29.5 Å². The minimum absolute atomic E-state index is 0.00176. The van der Waals surface area contributed by atoms with Gasteiger partial charge in [-0.3, -0.25) is 24.0 Å². The second-order valence-electron chi connectivity index (χ2n) is 21.1. The first kappa shape index (κ1) is 50.5. The van der Waals surface area contributed by atoms with E-state index in [9.17, 15) is 29.1 Å². The average molecular weight is 1000 g/mol. The maximum atomic E-state index is 14.2. The van der Waals surface area contributed by atoms with Gasteiger partial charge in [0.25, 0.3) is 5.91 Å². The molecule has 1 aliphatic carbocycles. The first-order valence-corrected chi connectivity index (χ1v) is 26.5. The van der Waals surface area contributed by atoms with Gasteiger partial charge in [-0.1, -0.05) is 70.7 Å². The molecular formula is C53H68N12O6S. The Balaban J connectivity index is 0.700. The van der Waals surface area contributed by atoms with Crippen LogP contribution in [0.4, 0.5) is 17.5 Å². The normalized spacial score (nSPS) is 19.7. The van der Waals surface area contributed by atoms with Crippen LogP contribution in [0.25, 0.3) is 21.5 Å². The molecule has 0 radical (unpaired) electrons. The average Bonchev–Trinajstić information content (AvgIpc) is 4.11. The SMILES string of the molecule is Cc1ncsc1-c1ccc([C@H](C)NC(=O)[C@@H]2C[C@@H](O)CN2C(=O)[C@@H](NC(=O)CCCCCC(=O)N2CCN(c3ccc(Nc4ncc5cc6n(c5n4)C4(CCCCC4)CNC6=O)nc3)CC2)C(C)(C)C)cc1. The zero-order valence-electron chi connectivity index (χ0n) is 42.1. The second-order valence-corrected chi connectivity index (χ2v) is 22.0. The Morgan fingerprint density at radius 3 is 2.36 bits per heavy atom. The number of rotatable bonds is 15. The highest BCUT2D eigenvalue weighted by Gasteiger charge is 2.45. The largest absolute Gasteiger partial charge is 0.391 e. The van der Waals surface area contributed by atoms with E-state index in [2.05, 4.69) is 45.7 Å². The molecule has 7 heterocycles. The topological polar surface area (TPSA) is 220 Å². The maximum Gasteiger partial charge on any atom is 0.268 e. The van der Waals surface area contributed by atoms with E-state index in [1.54, 1.807) is 17.5 Å². The van der Waals surface area contributed by atoms with Crippen molar-refractivity contribution in [3.8, 4) is 10.4 Å². The lowest BCUT2D eigenvalue weighted by Gasteiger charge is -2.42. The minimum atomic E-state index is -0.913. The quantitative estimate of drug-likeness (QED) is 0.0723. The molecule has 1 saturated carbocycles. The fourth-order valence-electron chi connectivity index (χ4n) is 10.8. The van der Waals surface area contributed by atoms with Gasteiger partial charge >= 0.3 is 0 Å². The van der Waals surface area contributed by atoms with Gasteiger partial charge in [-0.2, -0.15) is 4.98 Å². The molecule has 3 aliphatic heterocycles. The monoisotopic (exact) mass is 1000 g/mol. The Kier molecular flexibility index (Phi) is 14.9. The van der Waals surface area contributed by atoms with Gasteiger partial charge in [-0.25, -0.2) is 15.0 Å². The molecule has 0 unspecified atom stereocenters. The number of unbranched alkanes of at least 4 members (excludes halogenated alkanes) is 2. The fourth-order valence-corrected chi connectivity index (χ4v) is 11.7. The van der Waals surface area contributed by atoms with E-state index in [0.29, 0.717) is 75.9 Å². The molecule has 18 nitrogen and oxygen atoms in total. The molecule has 382 valence electrons. The van der Waals surface area contributed by atoms with Gasteiger partial charge in [0.1, 0.15) is 29.2 Å². The van der Waals surface area contributed by atoms with Crippen LogP contribution in [0, 0.1) is 12.3 Å². The third kappa shape index (κ3) is 11.0. The van der Waals surface area contributed by atoms with Crippen LogP contribution in [0.5, 0.6) is 0 Å². The summed E-state index contributed by atoms with van der Waals surface area (Å²) in [7, 11) is 0. The number of fused-ring (bicyclic) bond motifs is 4. The first-order valence-electron chi connectivity index (χ1n) is 25.6. The van der Waals surface area contributed by atoms with E-state index in [-0.39, 0.29) is 54.6 Å². The van der Waals surface area contributed by atoms with E-state index in [1.807, 2.05) is 93.7 Å². The molecule has 72 heavy (non-hydrogen) atoms. The van der Waals surface area contributed by atoms with Gasteiger partial charge in [-0.15, -0.1) is 11.3 Å². The van der Waals surface area contributed by atoms with E-state index in [0.717, 1.165) is 64.1 Å². The molecule has 5 aromatic rings. The van der Waals surface area contributed by atoms with Gasteiger partial charge in [0, 0.05) is 70.1 Å². The van der Waals surface area contributed by atoms with Crippen molar-refractivity contribution in [1.82, 2.24) is 50.3 Å². The number of piperazine rings is 1. The Morgan fingerprint density at radius 1 is 0.917 bits per heavy atom. The smallest absolute Gasteiger partial charge is 0.268 e. The van der Waals surface area contributed by atoms with Crippen LogP contribution >= 0.6 is 11.3 Å². The Morgan fingerprint density at radius 2 is 1.67 bits per heavy atom. The number of benzene rings is 1. The summed E-state index contributed by atoms with van der Waals surface area (Å²) < 4.78 is 2.16. The maximum absolute atomic E-state index is 14.2. The minimum Gasteiger partial charge on any atom is -0.391 e. The molecular weight excluding hydrogens is 933 g/mol. The molecule has 5 amide bonds. The number of aryl methyl sites for hydroxylation is 1. The number of carbonyl (C=O) groups excluding carboxylic acids is 5. The highest BCUT2D eigenvalue weighted by atomic mass is 32.1. The third-order valence-electron chi connectivity index (χ3n) is 15.0. The first-order chi connectivity index (χ1) is 34.6. The predicted octanol–water partition coefficient (Wildman–Crippen LogP) is 6.37. The van der Waals surface area contributed by atoms with Gasteiger partial charge < -0.3 is 45.6 Å². The number of aromatic nitrogens is 5. The predicted molar refractivity (Wildman–Crippen MR) is 277 cm³/mol. The number of nitrogens with zero attached hydrogens (tertiary/aromatic N) is 8. The van der Waals surface area contributed by atoms with Crippen molar-refractivity contribution in [1.29, 1.82) is 0 Å². The van der Waals surface area contributed by atoms with Crippen LogP contribution in [-0.4, -0.2) is 126 Å². The van der Waals surface area contributed by atoms with Gasteiger partial charge in [0.2, 0.25) is 29.6 Å².